The summed E-state index contributed by atoms with van der Waals surface area (Å²) in [6.07, 6.45) is 2.82. The molecule has 76 valence electrons. The third-order valence-corrected chi connectivity index (χ3v) is 2.09. The Kier molecular flexibility index (Phi) is 4.47. The van der Waals surface area contributed by atoms with Crippen LogP contribution >= 0.6 is 11.6 Å². The van der Waals surface area contributed by atoms with E-state index in [0.29, 0.717) is 22.9 Å². The molecule has 0 N–H and O–H groups in total. The van der Waals surface area contributed by atoms with E-state index in [4.69, 9.17) is 16.3 Å². The van der Waals surface area contributed by atoms with E-state index >= 15 is 0 Å². The lowest BCUT2D eigenvalue weighted by atomic mass is 10.2. The Labute approximate surface area is 88.8 Å². The number of carbonyl (C=O) groups is 1. The molecule has 0 saturated heterocycles. The smallest absolute Gasteiger partial charge is 0.153 e. The minimum Gasteiger partial charge on any atom is -0.493 e. The summed E-state index contributed by atoms with van der Waals surface area (Å²) in [7, 11) is 0. The van der Waals surface area contributed by atoms with Gasteiger partial charge in [0.1, 0.15) is 5.75 Å². The number of carbonyl (C=O) groups excluding carboxylic acids is 1. The van der Waals surface area contributed by atoms with Crippen molar-refractivity contribution in [1.82, 2.24) is 0 Å². The number of halogens is 1. The second kappa shape index (κ2) is 5.66. The van der Waals surface area contributed by atoms with Gasteiger partial charge in [0.05, 0.1) is 12.2 Å². The zero-order valence-corrected chi connectivity index (χ0v) is 8.88. The Balaban J connectivity index is 2.70. The second-order valence-electron chi connectivity index (χ2n) is 3.00. The van der Waals surface area contributed by atoms with Crippen LogP contribution in [-0.4, -0.2) is 12.9 Å². The van der Waals surface area contributed by atoms with Crippen LogP contribution in [0.15, 0.2) is 18.2 Å². The van der Waals surface area contributed by atoms with Gasteiger partial charge in [-0.2, -0.15) is 0 Å². The first-order valence-corrected chi connectivity index (χ1v) is 5.03. The van der Waals surface area contributed by atoms with Gasteiger partial charge in [-0.3, -0.25) is 4.79 Å². The van der Waals surface area contributed by atoms with E-state index in [9.17, 15) is 4.79 Å². The molecule has 0 aliphatic rings. The zero-order chi connectivity index (χ0) is 10.4. The highest BCUT2D eigenvalue weighted by atomic mass is 35.5. The lowest BCUT2D eigenvalue weighted by Crippen LogP contribution is -1.99. The molecule has 0 spiro atoms. The molecule has 14 heavy (non-hydrogen) atoms. The van der Waals surface area contributed by atoms with E-state index in [0.717, 1.165) is 19.1 Å². The minimum absolute atomic E-state index is 0.508. The summed E-state index contributed by atoms with van der Waals surface area (Å²) in [5.74, 6) is 0.609. The first kappa shape index (κ1) is 11.1. The standard InChI is InChI=1S/C11H13ClO2/c1-2-3-6-14-11-5-4-10(12)7-9(11)8-13/h4-5,7-8H,2-3,6H2,1H3. The molecule has 0 fully saturated rings. The highest BCUT2D eigenvalue weighted by molar-refractivity contribution is 6.30. The SMILES string of the molecule is CCCCOc1ccc(Cl)cc1C=O. The molecule has 0 radical (unpaired) electrons. The molecule has 0 saturated carbocycles. The molecule has 0 aromatic heterocycles. The summed E-state index contributed by atoms with van der Waals surface area (Å²) < 4.78 is 5.43. The van der Waals surface area contributed by atoms with Gasteiger partial charge in [0.2, 0.25) is 0 Å². The maximum absolute atomic E-state index is 10.7. The molecule has 0 unspecified atom stereocenters. The zero-order valence-electron chi connectivity index (χ0n) is 8.13. The van der Waals surface area contributed by atoms with Crippen LogP contribution in [0.1, 0.15) is 30.1 Å². The molecule has 0 atom stereocenters. The quantitative estimate of drug-likeness (QED) is 0.553. The van der Waals surface area contributed by atoms with Crippen LogP contribution in [0.4, 0.5) is 0 Å². The van der Waals surface area contributed by atoms with Crippen molar-refractivity contribution in [3.05, 3.63) is 28.8 Å². The highest BCUT2D eigenvalue weighted by Crippen LogP contribution is 2.21. The second-order valence-corrected chi connectivity index (χ2v) is 3.44. The lowest BCUT2D eigenvalue weighted by Gasteiger charge is -2.07. The van der Waals surface area contributed by atoms with Crippen molar-refractivity contribution in [3.8, 4) is 5.75 Å². The van der Waals surface area contributed by atoms with E-state index in [1.807, 2.05) is 0 Å². The topological polar surface area (TPSA) is 26.3 Å². The largest absolute Gasteiger partial charge is 0.493 e. The van der Waals surface area contributed by atoms with Gasteiger partial charge in [-0.25, -0.2) is 0 Å². The number of ether oxygens (including phenoxy) is 1. The monoisotopic (exact) mass is 212 g/mol. The molecule has 0 aliphatic carbocycles. The van der Waals surface area contributed by atoms with Crippen LogP contribution in [0.25, 0.3) is 0 Å². The molecular weight excluding hydrogens is 200 g/mol. The van der Waals surface area contributed by atoms with Crippen LogP contribution in [0.3, 0.4) is 0 Å². The average molecular weight is 213 g/mol. The number of unbranched alkanes of at least 4 members (excludes halogenated alkanes) is 1. The summed E-state index contributed by atoms with van der Waals surface area (Å²) in [5, 5.41) is 0.551. The van der Waals surface area contributed by atoms with Crippen LogP contribution in [0.2, 0.25) is 5.02 Å². The van der Waals surface area contributed by atoms with Crippen molar-refractivity contribution < 1.29 is 9.53 Å². The van der Waals surface area contributed by atoms with E-state index in [2.05, 4.69) is 6.92 Å². The van der Waals surface area contributed by atoms with E-state index in [-0.39, 0.29) is 0 Å². The molecule has 1 rings (SSSR count). The normalized spacial score (nSPS) is 9.86. The third kappa shape index (κ3) is 3.04. The molecule has 0 heterocycles. The van der Waals surface area contributed by atoms with Gasteiger partial charge in [-0.1, -0.05) is 24.9 Å². The maximum Gasteiger partial charge on any atom is 0.153 e. The van der Waals surface area contributed by atoms with E-state index in [1.165, 1.54) is 0 Å². The van der Waals surface area contributed by atoms with Crippen LogP contribution < -0.4 is 4.74 Å². The molecule has 2 nitrogen and oxygen atoms in total. The van der Waals surface area contributed by atoms with Gasteiger partial charge in [-0.15, -0.1) is 0 Å². The summed E-state index contributed by atoms with van der Waals surface area (Å²) >= 11 is 5.74. The number of hydrogen-bond donors (Lipinski definition) is 0. The van der Waals surface area contributed by atoms with Gasteiger partial charge in [-0.05, 0) is 24.6 Å². The third-order valence-electron chi connectivity index (χ3n) is 1.85. The fourth-order valence-corrected chi connectivity index (χ4v) is 1.25. The number of aldehydes is 1. The van der Waals surface area contributed by atoms with Gasteiger partial charge in [0, 0.05) is 5.02 Å². The van der Waals surface area contributed by atoms with Gasteiger partial charge in [0.15, 0.2) is 6.29 Å². The Hall–Kier alpha value is -1.02. The molecule has 3 heteroatoms. The first-order chi connectivity index (χ1) is 6.77. The molecule has 0 bridgehead atoms. The number of hydrogen-bond acceptors (Lipinski definition) is 2. The number of rotatable bonds is 5. The summed E-state index contributed by atoms with van der Waals surface area (Å²) in [6.45, 7) is 2.73. The van der Waals surface area contributed by atoms with E-state index in [1.54, 1.807) is 18.2 Å². The first-order valence-electron chi connectivity index (χ1n) is 4.65. The number of benzene rings is 1. The highest BCUT2D eigenvalue weighted by Gasteiger charge is 2.02. The van der Waals surface area contributed by atoms with Gasteiger partial charge < -0.3 is 4.74 Å². The Bertz CT molecular complexity index is 310. The predicted molar refractivity (Wildman–Crippen MR) is 57.2 cm³/mol. The predicted octanol–water partition coefficient (Wildman–Crippen LogP) is 3.33. The molecule has 0 amide bonds. The van der Waals surface area contributed by atoms with Crippen LogP contribution in [-0.2, 0) is 0 Å². The summed E-state index contributed by atoms with van der Waals surface area (Å²) in [4.78, 5) is 10.7. The van der Waals surface area contributed by atoms with Crippen molar-refractivity contribution in [2.75, 3.05) is 6.61 Å². The van der Waals surface area contributed by atoms with Crippen LogP contribution in [0.5, 0.6) is 5.75 Å². The van der Waals surface area contributed by atoms with Crippen molar-refractivity contribution >= 4 is 17.9 Å². The van der Waals surface area contributed by atoms with Crippen molar-refractivity contribution in [2.45, 2.75) is 19.8 Å². The molecule has 0 aliphatic heterocycles. The summed E-state index contributed by atoms with van der Waals surface area (Å²) in [6, 6.07) is 5.05. The molecular formula is C11H13ClO2. The Morgan fingerprint density at radius 3 is 2.93 bits per heavy atom. The fraction of sp³-hybridized carbons (Fsp3) is 0.364. The van der Waals surface area contributed by atoms with Gasteiger partial charge in [0.25, 0.3) is 0 Å². The Morgan fingerprint density at radius 1 is 1.50 bits per heavy atom. The maximum atomic E-state index is 10.7. The van der Waals surface area contributed by atoms with E-state index < -0.39 is 0 Å². The minimum atomic E-state index is 0.508. The molecule has 1 aromatic rings. The average Bonchev–Trinajstić information content (AvgIpc) is 2.20. The van der Waals surface area contributed by atoms with Crippen LogP contribution in [0, 0.1) is 0 Å². The van der Waals surface area contributed by atoms with Crippen molar-refractivity contribution in [2.24, 2.45) is 0 Å². The fourth-order valence-electron chi connectivity index (χ4n) is 1.07. The van der Waals surface area contributed by atoms with Crippen molar-refractivity contribution in [3.63, 3.8) is 0 Å². The lowest BCUT2D eigenvalue weighted by molar-refractivity contribution is 0.111. The summed E-state index contributed by atoms with van der Waals surface area (Å²) in [5.41, 5.74) is 0.508. The molecule has 1 aromatic carbocycles. The van der Waals surface area contributed by atoms with Gasteiger partial charge >= 0.3 is 0 Å². The Morgan fingerprint density at radius 2 is 2.29 bits per heavy atom. The van der Waals surface area contributed by atoms with Crippen molar-refractivity contribution in [1.29, 1.82) is 0 Å².